The standard InChI is InChI=1S/C26H32F3N3O5/c1-5-36-24(34)32-15-14-31-21(8-9-22(31)26(27,28)29)25(32)10-12-30(13-11-25)23(33)18-6-7-19(37-17(2)3)20(16-18)35-4/h6-9,16-17H,5,10-15H2,1-4H3. The molecule has 37 heavy (non-hydrogen) atoms. The van der Waals surface area contributed by atoms with E-state index in [2.05, 4.69) is 0 Å². The summed E-state index contributed by atoms with van der Waals surface area (Å²) in [4.78, 5) is 29.4. The van der Waals surface area contributed by atoms with Crippen LogP contribution in [0.15, 0.2) is 30.3 Å². The Bertz CT molecular complexity index is 1150. The Morgan fingerprint density at radius 3 is 2.32 bits per heavy atom. The Balaban J connectivity index is 1.61. The number of piperidine rings is 1. The Labute approximate surface area is 213 Å². The van der Waals surface area contributed by atoms with Gasteiger partial charge in [-0.05, 0) is 63.9 Å². The molecule has 0 aliphatic carbocycles. The number of ether oxygens (including phenoxy) is 3. The summed E-state index contributed by atoms with van der Waals surface area (Å²) < 4.78 is 58.6. The van der Waals surface area contributed by atoms with E-state index in [1.807, 2.05) is 13.8 Å². The molecule has 0 unspecified atom stereocenters. The van der Waals surface area contributed by atoms with Crippen LogP contribution in [0.5, 0.6) is 11.5 Å². The van der Waals surface area contributed by atoms with Crippen molar-refractivity contribution in [3.05, 3.63) is 47.3 Å². The van der Waals surface area contributed by atoms with E-state index in [-0.39, 0.29) is 57.6 Å². The number of amides is 2. The van der Waals surface area contributed by atoms with Gasteiger partial charge in [-0.3, -0.25) is 9.69 Å². The smallest absolute Gasteiger partial charge is 0.431 e. The molecule has 202 valence electrons. The first-order valence-electron chi connectivity index (χ1n) is 12.4. The summed E-state index contributed by atoms with van der Waals surface area (Å²) in [7, 11) is 1.50. The average molecular weight is 524 g/mol. The van der Waals surface area contributed by atoms with Crippen molar-refractivity contribution < 1.29 is 37.0 Å². The monoisotopic (exact) mass is 523 g/mol. The molecule has 1 aromatic heterocycles. The Morgan fingerprint density at radius 2 is 1.73 bits per heavy atom. The quantitative estimate of drug-likeness (QED) is 0.557. The first kappa shape index (κ1) is 26.7. The van der Waals surface area contributed by atoms with Gasteiger partial charge in [-0.1, -0.05) is 0 Å². The fourth-order valence-electron chi connectivity index (χ4n) is 5.32. The number of alkyl halides is 3. The second-order valence-electron chi connectivity index (χ2n) is 9.46. The van der Waals surface area contributed by atoms with Gasteiger partial charge in [0.25, 0.3) is 5.91 Å². The van der Waals surface area contributed by atoms with E-state index >= 15 is 0 Å². The number of nitrogens with zero attached hydrogens (tertiary/aromatic N) is 3. The first-order valence-corrected chi connectivity index (χ1v) is 12.4. The number of methoxy groups -OCH3 is 1. The Hall–Kier alpha value is -3.37. The lowest BCUT2D eigenvalue weighted by molar-refractivity contribution is -0.144. The van der Waals surface area contributed by atoms with Crippen LogP contribution in [0.4, 0.5) is 18.0 Å². The normalized spacial score (nSPS) is 17.1. The lowest BCUT2D eigenvalue weighted by atomic mass is 9.81. The van der Waals surface area contributed by atoms with Gasteiger partial charge in [0.05, 0.1) is 25.4 Å². The highest BCUT2D eigenvalue weighted by Crippen LogP contribution is 2.45. The van der Waals surface area contributed by atoms with E-state index in [0.717, 1.165) is 6.07 Å². The number of likely N-dealkylation sites (tertiary alicyclic amines) is 1. The Kier molecular flexibility index (Phi) is 7.34. The van der Waals surface area contributed by atoms with Crippen molar-refractivity contribution in [3.63, 3.8) is 0 Å². The largest absolute Gasteiger partial charge is 0.493 e. The number of halogens is 3. The predicted molar refractivity (Wildman–Crippen MR) is 129 cm³/mol. The third-order valence-corrected chi connectivity index (χ3v) is 6.95. The number of benzene rings is 1. The second-order valence-corrected chi connectivity index (χ2v) is 9.46. The van der Waals surface area contributed by atoms with Crippen molar-refractivity contribution in [2.45, 2.75) is 58.0 Å². The fourth-order valence-corrected chi connectivity index (χ4v) is 5.32. The number of fused-ring (bicyclic) bond motifs is 2. The summed E-state index contributed by atoms with van der Waals surface area (Å²) in [6.07, 6.45) is -4.57. The maximum absolute atomic E-state index is 13.7. The van der Waals surface area contributed by atoms with Crippen molar-refractivity contribution in [2.75, 3.05) is 33.4 Å². The molecule has 1 fully saturated rings. The Morgan fingerprint density at radius 1 is 1.03 bits per heavy atom. The van der Waals surface area contributed by atoms with Crippen molar-refractivity contribution in [1.29, 1.82) is 0 Å². The van der Waals surface area contributed by atoms with Gasteiger partial charge in [-0.25, -0.2) is 4.79 Å². The summed E-state index contributed by atoms with van der Waals surface area (Å²) in [6, 6.07) is 7.49. The third-order valence-electron chi connectivity index (χ3n) is 6.95. The summed E-state index contributed by atoms with van der Waals surface area (Å²) >= 11 is 0. The minimum Gasteiger partial charge on any atom is -0.493 e. The molecule has 0 atom stereocenters. The highest BCUT2D eigenvalue weighted by Gasteiger charge is 2.51. The van der Waals surface area contributed by atoms with Crippen LogP contribution in [0.25, 0.3) is 0 Å². The van der Waals surface area contributed by atoms with Crippen LogP contribution in [0, 0.1) is 0 Å². The van der Waals surface area contributed by atoms with Crippen molar-refractivity contribution >= 4 is 12.0 Å². The van der Waals surface area contributed by atoms with E-state index in [0.29, 0.717) is 22.8 Å². The van der Waals surface area contributed by atoms with E-state index in [9.17, 15) is 22.8 Å². The van der Waals surface area contributed by atoms with Gasteiger partial charge < -0.3 is 23.7 Å². The lowest BCUT2D eigenvalue weighted by Crippen LogP contribution is -2.60. The van der Waals surface area contributed by atoms with E-state index in [1.165, 1.54) is 22.6 Å². The molecule has 0 radical (unpaired) electrons. The van der Waals surface area contributed by atoms with Gasteiger partial charge >= 0.3 is 12.3 Å². The highest BCUT2D eigenvalue weighted by atomic mass is 19.4. The molecule has 0 saturated carbocycles. The summed E-state index contributed by atoms with van der Waals surface area (Å²) in [5.74, 6) is 0.737. The molecule has 2 aliphatic rings. The molecule has 2 aromatic rings. The topological polar surface area (TPSA) is 73.2 Å². The average Bonchev–Trinajstić information content (AvgIpc) is 3.30. The molecule has 0 bridgehead atoms. The molecular formula is C26H32F3N3O5. The second kappa shape index (κ2) is 10.2. The molecule has 11 heteroatoms. The number of carbonyl (C=O) groups excluding carboxylic acids is 2. The van der Waals surface area contributed by atoms with Gasteiger partial charge in [0.2, 0.25) is 0 Å². The molecule has 2 aliphatic heterocycles. The van der Waals surface area contributed by atoms with Gasteiger partial charge in [0.15, 0.2) is 11.5 Å². The molecule has 1 aromatic carbocycles. The van der Waals surface area contributed by atoms with Crippen molar-refractivity contribution in [3.8, 4) is 11.5 Å². The van der Waals surface area contributed by atoms with Crippen molar-refractivity contribution in [2.24, 2.45) is 0 Å². The van der Waals surface area contributed by atoms with Crippen LogP contribution < -0.4 is 9.47 Å². The number of hydrogen-bond acceptors (Lipinski definition) is 5. The lowest BCUT2D eigenvalue weighted by Gasteiger charge is -2.51. The van der Waals surface area contributed by atoms with E-state index in [1.54, 1.807) is 30.0 Å². The summed E-state index contributed by atoms with van der Waals surface area (Å²) in [6.45, 7) is 6.25. The molecule has 0 N–H and O–H groups in total. The van der Waals surface area contributed by atoms with Gasteiger partial charge in [-0.2, -0.15) is 13.2 Å². The molecule has 8 nitrogen and oxygen atoms in total. The van der Waals surface area contributed by atoms with Gasteiger partial charge in [0.1, 0.15) is 5.69 Å². The number of rotatable bonds is 5. The molecule has 3 heterocycles. The van der Waals surface area contributed by atoms with Crippen LogP contribution in [0.3, 0.4) is 0 Å². The SMILES string of the molecule is CCOC(=O)N1CCn2c(C(F)(F)F)ccc2C12CCN(C(=O)c1ccc(OC(C)C)c(OC)c1)CC2. The third kappa shape index (κ3) is 4.95. The summed E-state index contributed by atoms with van der Waals surface area (Å²) in [5, 5.41) is 0. The molecule has 4 rings (SSSR count). The number of carbonyl (C=O) groups is 2. The molecule has 2 amide bonds. The minimum absolute atomic E-state index is 0.0188. The van der Waals surface area contributed by atoms with E-state index < -0.39 is 23.5 Å². The maximum Gasteiger partial charge on any atom is 0.431 e. The molecular weight excluding hydrogens is 491 g/mol. The van der Waals surface area contributed by atoms with E-state index in [4.69, 9.17) is 14.2 Å². The van der Waals surface area contributed by atoms with Gasteiger partial charge in [-0.15, -0.1) is 0 Å². The maximum atomic E-state index is 13.7. The zero-order chi connectivity index (χ0) is 27.0. The van der Waals surface area contributed by atoms with Crippen molar-refractivity contribution in [1.82, 2.24) is 14.4 Å². The first-order chi connectivity index (χ1) is 17.5. The van der Waals surface area contributed by atoms with Crippen LogP contribution in [0.1, 0.15) is 55.4 Å². The minimum atomic E-state index is -4.51. The predicted octanol–water partition coefficient (Wildman–Crippen LogP) is 4.91. The number of hydrogen-bond donors (Lipinski definition) is 0. The van der Waals surface area contributed by atoms with Gasteiger partial charge in [0, 0.05) is 37.4 Å². The van der Waals surface area contributed by atoms with Crippen LogP contribution >= 0.6 is 0 Å². The highest BCUT2D eigenvalue weighted by molar-refractivity contribution is 5.95. The van der Waals surface area contributed by atoms with Crippen LogP contribution in [-0.2, 0) is 23.0 Å². The van der Waals surface area contributed by atoms with Crippen LogP contribution in [-0.4, -0.2) is 65.8 Å². The fraction of sp³-hybridized carbons (Fsp3) is 0.538. The zero-order valence-electron chi connectivity index (χ0n) is 21.4. The van der Waals surface area contributed by atoms with Crippen LogP contribution in [0.2, 0.25) is 0 Å². The summed E-state index contributed by atoms with van der Waals surface area (Å²) in [5.41, 5.74) is -0.905. The zero-order valence-corrected chi connectivity index (χ0v) is 21.4. The number of aromatic nitrogens is 1. The molecule has 1 spiro atoms. The molecule has 1 saturated heterocycles.